The van der Waals surface area contributed by atoms with E-state index in [1.165, 1.54) is 7.11 Å². The molecule has 0 amide bonds. The first kappa shape index (κ1) is 15.4. The van der Waals surface area contributed by atoms with Crippen LogP contribution in [0.5, 0.6) is 0 Å². The summed E-state index contributed by atoms with van der Waals surface area (Å²) in [6.45, 7) is 1.12. The molecule has 0 bridgehead atoms. The molecule has 0 unspecified atom stereocenters. The highest BCUT2D eigenvalue weighted by Gasteiger charge is 2.34. The van der Waals surface area contributed by atoms with Gasteiger partial charge >= 0.3 is 5.97 Å². The maximum atomic E-state index is 13.1. The minimum atomic E-state index is -2.56. The zero-order chi connectivity index (χ0) is 14.8. The third-order valence-electron chi connectivity index (χ3n) is 3.49. The van der Waals surface area contributed by atoms with Gasteiger partial charge in [-0.1, -0.05) is 22.0 Å². The van der Waals surface area contributed by atoms with Gasteiger partial charge in [-0.2, -0.15) is 0 Å². The van der Waals surface area contributed by atoms with E-state index in [0.29, 0.717) is 25.2 Å². The van der Waals surface area contributed by atoms with Crippen LogP contribution < -0.4 is 0 Å². The number of esters is 1. The van der Waals surface area contributed by atoms with Gasteiger partial charge in [-0.25, -0.2) is 13.6 Å². The van der Waals surface area contributed by atoms with Gasteiger partial charge in [0.05, 0.1) is 12.7 Å². The molecule has 2 rings (SSSR count). The highest BCUT2D eigenvalue weighted by molar-refractivity contribution is 9.10. The van der Waals surface area contributed by atoms with E-state index in [9.17, 15) is 13.6 Å². The van der Waals surface area contributed by atoms with E-state index >= 15 is 0 Å². The minimum Gasteiger partial charge on any atom is -0.465 e. The maximum Gasteiger partial charge on any atom is 0.338 e. The number of benzene rings is 1. The number of alkyl halides is 2. The Kier molecular flexibility index (Phi) is 4.75. The summed E-state index contributed by atoms with van der Waals surface area (Å²) in [6, 6.07) is 5.27. The van der Waals surface area contributed by atoms with Crippen LogP contribution in [-0.4, -0.2) is 37.0 Å². The minimum absolute atomic E-state index is 0.134. The topological polar surface area (TPSA) is 29.5 Å². The van der Waals surface area contributed by atoms with Crippen molar-refractivity contribution in [1.29, 1.82) is 0 Å². The monoisotopic (exact) mass is 347 g/mol. The number of carbonyl (C=O) groups excluding carboxylic acids is 1. The lowest BCUT2D eigenvalue weighted by molar-refractivity contribution is -0.0567. The first-order chi connectivity index (χ1) is 9.43. The standard InChI is InChI=1S/C14H16BrF2NO2/c1-20-13(19)10-3-2-4-12(15)11(10)9-18-7-5-14(16,17)6-8-18/h2-4H,5-9H2,1H3. The van der Waals surface area contributed by atoms with Crippen molar-refractivity contribution >= 4 is 21.9 Å². The van der Waals surface area contributed by atoms with E-state index in [2.05, 4.69) is 15.9 Å². The summed E-state index contributed by atoms with van der Waals surface area (Å²) < 4.78 is 31.8. The summed E-state index contributed by atoms with van der Waals surface area (Å²) in [5, 5.41) is 0. The smallest absolute Gasteiger partial charge is 0.338 e. The average molecular weight is 348 g/mol. The molecule has 1 aliphatic rings. The van der Waals surface area contributed by atoms with Crippen molar-refractivity contribution in [3.8, 4) is 0 Å². The Morgan fingerprint density at radius 3 is 2.65 bits per heavy atom. The predicted octanol–water partition coefficient (Wildman–Crippen LogP) is 3.47. The quantitative estimate of drug-likeness (QED) is 0.784. The number of halogens is 3. The zero-order valence-corrected chi connectivity index (χ0v) is 12.8. The largest absolute Gasteiger partial charge is 0.465 e. The molecule has 110 valence electrons. The van der Waals surface area contributed by atoms with E-state index < -0.39 is 11.9 Å². The lowest BCUT2D eigenvalue weighted by atomic mass is 10.0. The van der Waals surface area contributed by atoms with Crippen molar-refractivity contribution in [3.63, 3.8) is 0 Å². The van der Waals surface area contributed by atoms with E-state index in [4.69, 9.17) is 4.74 Å². The molecule has 1 heterocycles. The van der Waals surface area contributed by atoms with Crippen molar-refractivity contribution in [2.24, 2.45) is 0 Å². The zero-order valence-electron chi connectivity index (χ0n) is 11.2. The Morgan fingerprint density at radius 1 is 1.40 bits per heavy atom. The van der Waals surface area contributed by atoms with Crippen molar-refractivity contribution in [1.82, 2.24) is 4.90 Å². The van der Waals surface area contributed by atoms with Crippen LogP contribution in [0.1, 0.15) is 28.8 Å². The van der Waals surface area contributed by atoms with Crippen molar-refractivity contribution in [2.75, 3.05) is 20.2 Å². The molecule has 0 N–H and O–H groups in total. The number of methoxy groups -OCH3 is 1. The van der Waals surface area contributed by atoms with E-state index in [1.807, 2.05) is 11.0 Å². The molecule has 6 heteroatoms. The SMILES string of the molecule is COC(=O)c1cccc(Br)c1CN1CCC(F)(F)CC1. The Balaban J connectivity index is 2.15. The molecule has 1 aliphatic heterocycles. The second kappa shape index (κ2) is 6.18. The summed E-state index contributed by atoms with van der Waals surface area (Å²) in [4.78, 5) is 13.7. The molecule has 1 fully saturated rings. The third-order valence-corrected chi connectivity index (χ3v) is 4.24. The van der Waals surface area contributed by atoms with E-state index in [1.54, 1.807) is 12.1 Å². The fourth-order valence-electron chi connectivity index (χ4n) is 2.28. The number of hydrogen-bond donors (Lipinski definition) is 0. The van der Waals surface area contributed by atoms with Gasteiger partial charge in [0, 0.05) is 36.9 Å². The summed E-state index contributed by atoms with van der Waals surface area (Å²) >= 11 is 3.41. The summed E-state index contributed by atoms with van der Waals surface area (Å²) in [7, 11) is 1.33. The molecule has 0 spiro atoms. The number of ether oxygens (including phenoxy) is 1. The summed E-state index contributed by atoms with van der Waals surface area (Å²) in [5.41, 5.74) is 1.25. The number of hydrogen-bond acceptors (Lipinski definition) is 3. The van der Waals surface area contributed by atoms with Crippen LogP contribution in [0.25, 0.3) is 0 Å². The molecular formula is C14H16BrF2NO2. The first-order valence-corrected chi connectivity index (χ1v) is 7.18. The van der Waals surface area contributed by atoms with Crippen LogP contribution in [0.3, 0.4) is 0 Å². The molecule has 0 aliphatic carbocycles. The fourth-order valence-corrected chi connectivity index (χ4v) is 2.77. The van der Waals surface area contributed by atoms with Gasteiger partial charge in [0.25, 0.3) is 5.92 Å². The molecule has 1 saturated heterocycles. The van der Waals surface area contributed by atoms with Crippen molar-refractivity contribution < 1.29 is 18.3 Å². The van der Waals surface area contributed by atoms with Gasteiger partial charge in [0.2, 0.25) is 0 Å². The van der Waals surface area contributed by atoms with Gasteiger partial charge in [-0.05, 0) is 17.7 Å². The Morgan fingerprint density at radius 2 is 2.05 bits per heavy atom. The normalized spacial score (nSPS) is 18.8. The number of carbonyl (C=O) groups is 1. The third kappa shape index (κ3) is 3.55. The van der Waals surface area contributed by atoms with Crippen LogP contribution in [0.4, 0.5) is 8.78 Å². The van der Waals surface area contributed by atoms with Gasteiger partial charge in [0.15, 0.2) is 0 Å². The molecule has 20 heavy (non-hydrogen) atoms. The van der Waals surface area contributed by atoms with Gasteiger partial charge in [-0.3, -0.25) is 4.90 Å². The second-order valence-electron chi connectivity index (χ2n) is 4.89. The summed E-state index contributed by atoms with van der Waals surface area (Å²) in [6.07, 6.45) is -0.268. The molecular weight excluding hydrogens is 332 g/mol. The van der Waals surface area contributed by atoms with E-state index in [-0.39, 0.29) is 12.8 Å². The van der Waals surface area contributed by atoms with Gasteiger partial charge in [0.1, 0.15) is 0 Å². The van der Waals surface area contributed by atoms with Crippen LogP contribution in [0.15, 0.2) is 22.7 Å². The molecule has 0 atom stereocenters. The van der Waals surface area contributed by atoms with E-state index in [0.717, 1.165) is 10.0 Å². The number of likely N-dealkylation sites (tertiary alicyclic amines) is 1. The van der Waals surface area contributed by atoms with Crippen molar-refractivity contribution in [3.05, 3.63) is 33.8 Å². The lowest BCUT2D eigenvalue weighted by Gasteiger charge is -2.32. The first-order valence-electron chi connectivity index (χ1n) is 6.39. The molecule has 1 aromatic carbocycles. The van der Waals surface area contributed by atoms with Gasteiger partial charge < -0.3 is 4.74 Å². The Labute approximate surface area is 125 Å². The van der Waals surface area contributed by atoms with Crippen molar-refractivity contribution in [2.45, 2.75) is 25.3 Å². The van der Waals surface area contributed by atoms with Crippen LogP contribution in [0, 0.1) is 0 Å². The molecule has 0 aromatic heterocycles. The Bertz CT molecular complexity index is 498. The molecule has 3 nitrogen and oxygen atoms in total. The fraction of sp³-hybridized carbons (Fsp3) is 0.500. The lowest BCUT2D eigenvalue weighted by Crippen LogP contribution is -2.39. The maximum absolute atomic E-state index is 13.1. The average Bonchev–Trinajstić information content (AvgIpc) is 2.42. The van der Waals surface area contributed by atoms with Crippen LogP contribution in [0.2, 0.25) is 0 Å². The van der Waals surface area contributed by atoms with Crippen LogP contribution >= 0.6 is 15.9 Å². The number of nitrogens with zero attached hydrogens (tertiary/aromatic N) is 1. The molecule has 0 radical (unpaired) electrons. The van der Waals surface area contributed by atoms with Gasteiger partial charge in [-0.15, -0.1) is 0 Å². The number of piperidine rings is 1. The second-order valence-corrected chi connectivity index (χ2v) is 5.74. The number of rotatable bonds is 3. The summed E-state index contributed by atoms with van der Waals surface area (Å²) in [5.74, 6) is -2.97. The predicted molar refractivity (Wildman–Crippen MR) is 74.9 cm³/mol. The highest BCUT2D eigenvalue weighted by Crippen LogP contribution is 2.30. The highest BCUT2D eigenvalue weighted by atomic mass is 79.9. The molecule has 1 aromatic rings. The molecule has 0 saturated carbocycles. The van der Waals surface area contributed by atoms with Crippen LogP contribution in [-0.2, 0) is 11.3 Å². The Hall–Kier alpha value is -1.01.